The minimum absolute atomic E-state index is 0.0237. The first-order valence-electron chi connectivity index (χ1n) is 6.86. The molecule has 2 aromatic rings. The van der Waals surface area contributed by atoms with Crippen LogP contribution < -0.4 is 14.8 Å². The third kappa shape index (κ3) is 4.49. The zero-order valence-electron chi connectivity index (χ0n) is 12.7. The normalized spacial score (nSPS) is 10.1. The minimum atomic E-state index is -0.237. The van der Waals surface area contributed by atoms with Gasteiger partial charge in [-0.1, -0.05) is 30.3 Å². The van der Waals surface area contributed by atoms with E-state index in [0.29, 0.717) is 23.8 Å². The lowest BCUT2D eigenvalue weighted by molar-refractivity contribution is -0.121. The second-order valence-electron chi connectivity index (χ2n) is 4.59. The van der Waals surface area contributed by atoms with E-state index in [-0.39, 0.29) is 12.5 Å². The summed E-state index contributed by atoms with van der Waals surface area (Å²) in [5.74, 6) is 0.963. The van der Waals surface area contributed by atoms with Gasteiger partial charge in [-0.15, -0.1) is 0 Å². The molecule has 0 radical (unpaired) electrons. The van der Waals surface area contributed by atoms with E-state index >= 15 is 0 Å². The lowest BCUT2D eigenvalue weighted by atomic mass is 10.2. The third-order valence-electron chi connectivity index (χ3n) is 3.03. The summed E-state index contributed by atoms with van der Waals surface area (Å²) >= 11 is 0. The summed E-state index contributed by atoms with van der Waals surface area (Å²) in [6.45, 7) is 0.373. The van der Waals surface area contributed by atoms with Crippen LogP contribution >= 0.6 is 0 Å². The van der Waals surface area contributed by atoms with Gasteiger partial charge in [0.25, 0.3) is 0 Å². The number of carbonyl (C=O) groups is 1. The van der Waals surface area contributed by atoms with E-state index in [4.69, 9.17) is 14.2 Å². The van der Waals surface area contributed by atoms with Crippen molar-refractivity contribution in [3.63, 3.8) is 0 Å². The van der Waals surface area contributed by atoms with Crippen LogP contribution in [0.5, 0.6) is 11.5 Å². The van der Waals surface area contributed by atoms with Crippen molar-refractivity contribution in [2.24, 2.45) is 0 Å². The van der Waals surface area contributed by atoms with E-state index in [9.17, 15) is 4.79 Å². The monoisotopic (exact) mass is 301 g/mol. The maximum absolute atomic E-state index is 11.9. The smallest absolute Gasteiger partial charge is 0.250 e. The molecule has 0 fully saturated rings. The van der Waals surface area contributed by atoms with Crippen molar-refractivity contribution in [3.8, 4) is 11.5 Å². The van der Waals surface area contributed by atoms with Crippen LogP contribution in [0, 0.1) is 0 Å². The number of anilines is 1. The quantitative estimate of drug-likeness (QED) is 0.854. The standard InChI is InChI=1S/C17H19NO4/c1-20-14-8-9-15(16(10-14)21-2)18-17(19)12-22-11-13-6-4-3-5-7-13/h3-10H,11-12H2,1-2H3,(H,18,19). The van der Waals surface area contributed by atoms with Crippen LogP contribution in [-0.4, -0.2) is 26.7 Å². The second kappa shape index (κ2) is 8.05. The van der Waals surface area contributed by atoms with Crippen molar-refractivity contribution >= 4 is 11.6 Å². The number of ether oxygens (including phenoxy) is 3. The average molecular weight is 301 g/mol. The Labute approximate surface area is 129 Å². The lowest BCUT2D eigenvalue weighted by Gasteiger charge is -2.11. The van der Waals surface area contributed by atoms with Crippen molar-refractivity contribution < 1.29 is 19.0 Å². The Hall–Kier alpha value is -2.53. The van der Waals surface area contributed by atoms with E-state index in [0.717, 1.165) is 5.56 Å². The number of benzene rings is 2. The van der Waals surface area contributed by atoms with Crippen molar-refractivity contribution in [2.75, 3.05) is 26.1 Å². The highest BCUT2D eigenvalue weighted by Crippen LogP contribution is 2.28. The van der Waals surface area contributed by atoms with Gasteiger partial charge in [0.1, 0.15) is 18.1 Å². The number of hydrogen-bond donors (Lipinski definition) is 1. The van der Waals surface area contributed by atoms with Crippen molar-refractivity contribution in [3.05, 3.63) is 54.1 Å². The van der Waals surface area contributed by atoms with Crippen LogP contribution in [0.2, 0.25) is 0 Å². The molecule has 1 N–H and O–H groups in total. The van der Waals surface area contributed by atoms with Crippen molar-refractivity contribution in [1.82, 2.24) is 0 Å². The summed E-state index contributed by atoms with van der Waals surface area (Å²) in [7, 11) is 3.11. The van der Waals surface area contributed by atoms with E-state index < -0.39 is 0 Å². The van der Waals surface area contributed by atoms with Gasteiger partial charge in [-0.05, 0) is 17.7 Å². The van der Waals surface area contributed by atoms with Crippen molar-refractivity contribution in [1.29, 1.82) is 0 Å². The van der Waals surface area contributed by atoms with Gasteiger partial charge in [-0.25, -0.2) is 0 Å². The molecular weight excluding hydrogens is 282 g/mol. The fraction of sp³-hybridized carbons (Fsp3) is 0.235. The van der Waals surface area contributed by atoms with Gasteiger partial charge in [0.05, 0.1) is 26.5 Å². The molecule has 0 aliphatic carbocycles. The fourth-order valence-electron chi connectivity index (χ4n) is 1.92. The number of nitrogens with one attached hydrogen (secondary N) is 1. The van der Waals surface area contributed by atoms with E-state index in [2.05, 4.69) is 5.32 Å². The van der Waals surface area contributed by atoms with Crippen LogP contribution in [0.3, 0.4) is 0 Å². The van der Waals surface area contributed by atoms with Gasteiger partial charge in [0.15, 0.2) is 0 Å². The summed E-state index contributed by atoms with van der Waals surface area (Å²) < 4.78 is 15.7. The molecule has 0 heterocycles. The SMILES string of the molecule is COc1ccc(NC(=O)COCc2ccccc2)c(OC)c1. The first-order chi connectivity index (χ1) is 10.7. The van der Waals surface area contributed by atoms with Gasteiger partial charge >= 0.3 is 0 Å². The van der Waals surface area contributed by atoms with E-state index in [1.807, 2.05) is 30.3 Å². The molecule has 5 nitrogen and oxygen atoms in total. The molecule has 2 rings (SSSR count). The Morgan fingerprint density at radius 1 is 1.05 bits per heavy atom. The molecule has 5 heteroatoms. The topological polar surface area (TPSA) is 56.8 Å². The summed E-state index contributed by atoms with van der Waals surface area (Å²) in [6, 6.07) is 14.9. The molecule has 0 aromatic heterocycles. The van der Waals surface area contributed by atoms with E-state index in [1.54, 1.807) is 25.3 Å². The Kier molecular flexibility index (Phi) is 5.80. The number of methoxy groups -OCH3 is 2. The van der Waals surface area contributed by atoms with Crippen LogP contribution in [-0.2, 0) is 16.1 Å². The van der Waals surface area contributed by atoms with Crippen LogP contribution in [0.25, 0.3) is 0 Å². The zero-order chi connectivity index (χ0) is 15.8. The van der Waals surface area contributed by atoms with Crippen molar-refractivity contribution in [2.45, 2.75) is 6.61 Å². The Balaban J connectivity index is 1.86. The second-order valence-corrected chi connectivity index (χ2v) is 4.59. The number of amides is 1. The summed E-state index contributed by atoms with van der Waals surface area (Å²) in [4.78, 5) is 11.9. The Bertz CT molecular complexity index is 613. The fourth-order valence-corrected chi connectivity index (χ4v) is 1.92. The van der Waals surface area contributed by atoms with Gasteiger partial charge in [0.2, 0.25) is 5.91 Å². The summed E-state index contributed by atoms with van der Waals surface area (Å²) in [6.07, 6.45) is 0. The van der Waals surface area contributed by atoms with Gasteiger partial charge in [-0.3, -0.25) is 4.79 Å². The zero-order valence-corrected chi connectivity index (χ0v) is 12.7. The molecule has 2 aromatic carbocycles. The molecule has 22 heavy (non-hydrogen) atoms. The van der Waals surface area contributed by atoms with Crippen LogP contribution in [0.15, 0.2) is 48.5 Å². The van der Waals surface area contributed by atoms with Gasteiger partial charge in [0, 0.05) is 6.07 Å². The molecule has 0 bridgehead atoms. The first-order valence-corrected chi connectivity index (χ1v) is 6.86. The van der Waals surface area contributed by atoms with Crippen LogP contribution in [0.4, 0.5) is 5.69 Å². The highest BCUT2D eigenvalue weighted by Gasteiger charge is 2.09. The number of carbonyl (C=O) groups excluding carboxylic acids is 1. The summed E-state index contributed by atoms with van der Waals surface area (Å²) in [5.41, 5.74) is 1.61. The molecule has 0 saturated carbocycles. The lowest BCUT2D eigenvalue weighted by Crippen LogP contribution is -2.18. The highest BCUT2D eigenvalue weighted by molar-refractivity contribution is 5.93. The molecule has 0 saturated heterocycles. The molecule has 0 unspecified atom stereocenters. The molecule has 0 aliphatic rings. The largest absolute Gasteiger partial charge is 0.497 e. The maximum atomic E-state index is 11.9. The van der Waals surface area contributed by atoms with Crippen LogP contribution in [0.1, 0.15) is 5.56 Å². The minimum Gasteiger partial charge on any atom is -0.497 e. The molecule has 0 aliphatic heterocycles. The Morgan fingerprint density at radius 3 is 2.50 bits per heavy atom. The van der Waals surface area contributed by atoms with E-state index in [1.165, 1.54) is 7.11 Å². The predicted octanol–water partition coefficient (Wildman–Crippen LogP) is 2.86. The van der Waals surface area contributed by atoms with Gasteiger partial charge in [-0.2, -0.15) is 0 Å². The molecule has 0 spiro atoms. The molecule has 116 valence electrons. The Morgan fingerprint density at radius 2 is 1.82 bits per heavy atom. The highest BCUT2D eigenvalue weighted by atomic mass is 16.5. The summed E-state index contributed by atoms with van der Waals surface area (Å²) in [5, 5.41) is 2.75. The molecule has 1 amide bonds. The third-order valence-corrected chi connectivity index (χ3v) is 3.03. The number of hydrogen-bond acceptors (Lipinski definition) is 4. The predicted molar refractivity (Wildman–Crippen MR) is 84.3 cm³/mol. The number of rotatable bonds is 7. The maximum Gasteiger partial charge on any atom is 0.250 e. The first kappa shape index (κ1) is 15.9. The average Bonchev–Trinajstić information content (AvgIpc) is 2.56. The van der Waals surface area contributed by atoms with Gasteiger partial charge < -0.3 is 19.5 Å². The molecular formula is C17H19NO4. The molecule has 0 atom stereocenters.